The van der Waals surface area contributed by atoms with Gasteiger partial charge in [0.15, 0.2) is 11.6 Å². The molecule has 2 aromatic rings. The van der Waals surface area contributed by atoms with Crippen molar-refractivity contribution in [1.82, 2.24) is 14.8 Å². The summed E-state index contributed by atoms with van der Waals surface area (Å²) in [4.78, 5) is 34.1. The molecule has 3 heterocycles. The van der Waals surface area contributed by atoms with Gasteiger partial charge in [-0.3, -0.25) is 4.79 Å². The minimum absolute atomic E-state index is 0.0321. The van der Waals surface area contributed by atoms with E-state index in [0.29, 0.717) is 12.5 Å². The largest absolute Gasteiger partial charge is 0.333 e. The molecule has 30 heavy (non-hydrogen) atoms. The van der Waals surface area contributed by atoms with Crippen molar-refractivity contribution in [2.24, 2.45) is 5.92 Å². The van der Waals surface area contributed by atoms with E-state index >= 15 is 0 Å². The number of carbonyl (C=O) groups excluding carboxylic acids is 2. The Balaban J connectivity index is 1.34. The molecular weight excluding hydrogens is 410 g/mol. The average molecular weight is 430 g/mol. The van der Waals surface area contributed by atoms with Crippen LogP contribution in [0.3, 0.4) is 0 Å². The first kappa shape index (κ1) is 19.2. The van der Waals surface area contributed by atoms with E-state index in [4.69, 9.17) is 0 Å². The summed E-state index contributed by atoms with van der Waals surface area (Å²) in [7, 11) is 0. The van der Waals surface area contributed by atoms with Crippen molar-refractivity contribution in [1.29, 1.82) is 0 Å². The number of fused-ring (bicyclic) bond motifs is 3. The van der Waals surface area contributed by atoms with Crippen molar-refractivity contribution in [2.45, 2.75) is 32.9 Å². The lowest BCUT2D eigenvalue weighted by molar-refractivity contribution is -0.132. The fourth-order valence-corrected chi connectivity index (χ4v) is 5.65. The summed E-state index contributed by atoms with van der Waals surface area (Å²) in [6, 6.07) is 1.79. The Kier molecular flexibility index (Phi) is 4.39. The lowest BCUT2D eigenvalue weighted by atomic mass is 10.1. The molecule has 3 aliphatic rings. The van der Waals surface area contributed by atoms with Crippen molar-refractivity contribution in [2.75, 3.05) is 18.4 Å². The summed E-state index contributed by atoms with van der Waals surface area (Å²) in [5.74, 6) is -1.87. The lowest BCUT2D eigenvalue weighted by Crippen LogP contribution is -2.48. The average Bonchev–Trinajstić information content (AvgIpc) is 3.39. The Labute approximate surface area is 176 Å². The molecule has 1 aromatic heterocycles. The van der Waals surface area contributed by atoms with Crippen LogP contribution in [0.4, 0.5) is 19.3 Å². The molecule has 3 amide bonds. The van der Waals surface area contributed by atoms with Crippen LogP contribution in [-0.2, 0) is 11.3 Å². The summed E-state index contributed by atoms with van der Waals surface area (Å²) in [5.41, 5.74) is 2.39. The van der Waals surface area contributed by atoms with Crippen molar-refractivity contribution in [3.8, 4) is 0 Å². The molecule has 1 saturated heterocycles. The van der Waals surface area contributed by atoms with Crippen LogP contribution in [0.5, 0.6) is 0 Å². The third kappa shape index (κ3) is 2.99. The summed E-state index contributed by atoms with van der Waals surface area (Å²) in [6.07, 6.45) is 3.10. The molecule has 0 spiro atoms. The second-order valence-corrected chi connectivity index (χ2v) is 9.20. The molecule has 1 N–H and O–H groups in total. The number of nitrogens with zero attached hydrogens (tertiary/aromatic N) is 3. The summed E-state index contributed by atoms with van der Waals surface area (Å²) in [6.45, 7) is 4.22. The Bertz CT molecular complexity index is 1110. The maximum absolute atomic E-state index is 14.2. The van der Waals surface area contributed by atoms with E-state index in [1.807, 2.05) is 13.8 Å². The van der Waals surface area contributed by atoms with E-state index in [1.165, 1.54) is 11.0 Å². The number of hydrogen-bond acceptors (Lipinski definition) is 4. The van der Waals surface area contributed by atoms with Crippen LogP contribution in [0.2, 0.25) is 0 Å². The highest BCUT2D eigenvalue weighted by Crippen LogP contribution is 2.44. The van der Waals surface area contributed by atoms with Gasteiger partial charge in [-0.2, -0.15) is 0 Å². The number of rotatable bonds is 3. The van der Waals surface area contributed by atoms with E-state index in [9.17, 15) is 18.4 Å². The second kappa shape index (κ2) is 6.87. The molecule has 2 atom stereocenters. The van der Waals surface area contributed by atoms with Crippen LogP contribution in [-0.4, -0.2) is 45.9 Å². The SMILES string of the molecule is Cc1nc(C)c(C2=C[C@H]3C[C@@H]2N(C(=O)CN2Cc4c(ccc(F)c4F)NC2=O)C3)s1. The zero-order valence-electron chi connectivity index (χ0n) is 16.5. The Morgan fingerprint density at radius 2 is 2.13 bits per heavy atom. The van der Waals surface area contributed by atoms with Gasteiger partial charge in [-0.05, 0) is 43.9 Å². The fraction of sp³-hybridized carbons (Fsp3) is 0.381. The quantitative estimate of drug-likeness (QED) is 0.808. The monoisotopic (exact) mass is 430 g/mol. The topological polar surface area (TPSA) is 65.5 Å². The normalized spacial score (nSPS) is 22.3. The number of thiazole rings is 1. The van der Waals surface area contributed by atoms with Gasteiger partial charge >= 0.3 is 6.03 Å². The lowest BCUT2D eigenvalue weighted by Gasteiger charge is -2.33. The van der Waals surface area contributed by atoms with Crippen molar-refractivity contribution in [3.63, 3.8) is 0 Å². The predicted octanol–water partition coefficient (Wildman–Crippen LogP) is 3.70. The minimum Gasteiger partial charge on any atom is -0.333 e. The number of halogens is 2. The Morgan fingerprint density at radius 1 is 1.33 bits per heavy atom. The number of carbonyl (C=O) groups is 2. The smallest absolute Gasteiger partial charge is 0.322 e. The third-order valence-electron chi connectivity index (χ3n) is 5.99. The highest BCUT2D eigenvalue weighted by atomic mass is 32.1. The third-order valence-corrected chi connectivity index (χ3v) is 7.12. The number of amides is 3. The molecule has 156 valence electrons. The van der Waals surface area contributed by atoms with Gasteiger partial charge in [-0.1, -0.05) is 6.08 Å². The molecule has 1 fully saturated rings. The number of benzene rings is 1. The number of aryl methyl sites for hydroxylation is 2. The van der Waals surface area contributed by atoms with Gasteiger partial charge in [-0.15, -0.1) is 11.3 Å². The molecule has 9 heteroatoms. The molecule has 6 nitrogen and oxygen atoms in total. The van der Waals surface area contributed by atoms with Gasteiger partial charge in [0.25, 0.3) is 0 Å². The summed E-state index contributed by atoms with van der Waals surface area (Å²) in [5, 5.41) is 3.53. The molecule has 5 rings (SSSR count). The minimum atomic E-state index is -0.994. The maximum atomic E-state index is 14.2. The fourth-order valence-electron chi connectivity index (χ4n) is 4.65. The summed E-state index contributed by atoms with van der Waals surface area (Å²) < 4.78 is 27.8. The van der Waals surface area contributed by atoms with E-state index in [2.05, 4.69) is 16.4 Å². The van der Waals surface area contributed by atoms with Crippen LogP contribution >= 0.6 is 11.3 Å². The first-order valence-electron chi connectivity index (χ1n) is 9.80. The Hall–Kier alpha value is -2.81. The first-order chi connectivity index (χ1) is 14.3. The molecule has 0 unspecified atom stereocenters. The summed E-state index contributed by atoms with van der Waals surface area (Å²) >= 11 is 1.63. The van der Waals surface area contributed by atoms with E-state index in [-0.39, 0.29) is 36.3 Å². The van der Waals surface area contributed by atoms with Crippen molar-refractivity contribution in [3.05, 3.63) is 51.0 Å². The number of nitrogens with one attached hydrogen (secondary N) is 1. The molecule has 2 bridgehead atoms. The van der Waals surface area contributed by atoms with Crippen LogP contribution in [0.1, 0.15) is 27.6 Å². The van der Waals surface area contributed by atoms with Gasteiger partial charge < -0.3 is 15.1 Å². The van der Waals surface area contributed by atoms with Gasteiger partial charge in [0.05, 0.1) is 33.9 Å². The van der Waals surface area contributed by atoms with Crippen LogP contribution < -0.4 is 5.32 Å². The zero-order chi connectivity index (χ0) is 21.2. The van der Waals surface area contributed by atoms with Gasteiger partial charge in [0.1, 0.15) is 6.54 Å². The van der Waals surface area contributed by atoms with E-state index in [0.717, 1.165) is 33.6 Å². The maximum Gasteiger partial charge on any atom is 0.322 e. The highest BCUT2D eigenvalue weighted by molar-refractivity contribution is 7.12. The number of aromatic nitrogens is 1. The standard InChI is InChI=1S/C21H20F2N4O2S/c1-10-20(30-11(2)24-10)13-5-12-6-17(13)27(7-12)18(28)9-26-8-14-16(25-21(26)29)4-3-15(22)19(14)23/h3-5,12,17H,6-9H2,1-2H3,(H,25,29)/t12-,17-/m0/s1. The van der Waals surface area contributed by atoms with Crippen molar-refractivity contribution >= 4 is 34.5 Å². The zero-order valence-corrected chi connectivity index (χ0v) is 17.4. The van der Waals surface area contributed by atoms with Crippen LogP contribution in [0.25, 0.3) is 5.57 Å². The highest BCUT2D eigenvalue weighted by Gasteiger charge is 2.43. The number of hydrogen-bond donors (Lipinski definition) is 1. The van der Waals surface area contributed by atoms with Crippen LogP contribution in [0, 0.1) is 31.4 Å². The molecule has 0 radical (unpaired) electrons. The molecule has 1 aromatic carbocycles. The molecule has 1 aliphatic carbocycles. The number of likely N-dealkylation sites (tertiary alicyclic amines) is 1. The Morgan fingerprint density at radius 3 is 2.83 bits per heavy atom. The van der Waals surface area contributed by atoms with Crippen LogP contribution in [0.15, 0.2) is 18.2 Å². The predicted molar refractivity (Wildman–Crippen MR) is 109 cm³/mol. The second-order valence-electron chi connectivity index (χ2n) is 8.00. The first-order valence-corrected chi connectivity index (χ1v) is 10.6. The van der Waals surface area contributed by atoms with E-state index in [1.54, 1.807) is 16.2 Å². The van der Waals surface area contributed by atoms with Crippen molar-refractivity contribution < 1.29 is 18.4 Å². The van der Waals surface area contributed by atoms with Gasteiger partial charge in [-0.25, -0.2) is 18.6 Å². The van der Waals surface area contributed by atoms with Gasteiger partial charge in [0, 0.05) is 12.1 Å². The molecule has 2 aliphatic heterocycles. The number of anilines is 1. The van der Waals surface area contributed by atoms with E-state index < -0.39 is 17.7 Å². The molecule has 0 saturated carbocycles. The number of urea groups is 1. The van der Waals surface area contributed by atoms with Gasteiger partial charge in [0.2, 0.25) is 5.91 Å². The molecular formula is C21H20F2N4O2S.